The zero-order valence-electron chi connectivity index (χ0n) is 19.5. The van der Waals surface area contributed by atoms with Gasteiger partial charge in [0.2, 0.25) is 0 Å². The van der Waals surface area contributed by atoms with E-state index in [0.29, 0.717) is 21.9 Å². The SMILES string of the molecule is CC(=O)c1c(C)n(-c2ccc(C)cc2)c2cc(Br)c(OCc3n[nH]c(=S)n3-c3ccccc3)cc12. The van der Waals surface area contributed by atoms with Crippen LogP contribution in [0.1, 0.15) is 34.4 Å². The highest BCUT2D eigenvalue weighted by Crippen LogP contribution is 2.37. The molecule has 0 fully saturated rings. The van der Waals surface area contributed by atoms with Crippen LogP contribution in [0, 0.1) is 18.6 Å². The number of ketones is 1. The van der Waals surface area contributed by atoms with E-state index in [1.807, 2.05) is 54.0 Å². The van der Waals surface area contributed by atoms with E-state index in [-0.39, 0.29) is 12.4 Å². The highest BCUT2D eigenvalue weighted by molar-refractivity contribution is 9.10. The van der Waals surface area contributed by atoms with Crippen LogP contribution >= 0.6 is 28.1 Å². The first kappa shape index (κ1) is 23.3. The van der Waals surface area contributed by atoms with Crippen LogP contribution in [0.4, 0.5) is 0 Å². The number of fused-ring (bicyclic) bond motifs is 1. The molecule has 176 valence electrons. The molecule has 2 aromatic heterocycles. The standard InChI is InChI=1S/C27H23BrN4O2S/c1-16-9-11-20(12-10-16)31-17(2)26(18(3)33)21-13-24(22(28)14-23(21)31)34-15-25-29-30-27(35)32(25)19-7-5-4-6-8-19/h4-14H,15H2,1-3H3,(H,30,35). The first-order chi connectivity index (χ1) is 16.8. The molecule has 0 aliphatic rings. The van der Waals surface area contributed by atoms with Crippen molar-refractivity contribution in [3.05, 3.63) is 98.6 Å². The van der Waals surface area contributed by atoms with Crippen LogP contribution in [0.15, 0.2) is 71.2 Å². The lowest BCUT2D eigenvalue weighted by Gasteiger charge is -2.12. The Balaban J connectivity index is 1.57. The molecule has 0 bridgehead atoms. The van der Waals surface area contributed by atoms with Crippen molar-refractivity contribution in [2.45, 2.75) is 27.4 Å². The van der Waals surface area contributed by atoms with Gasteiger partial charge in [0.15, 0.2) is 16.4 Å². The van der Waals surface area contributed by atoms with Crippen molar-refractivity contribution in [2.24, 2.45) is 0 Å². The molecule has 0 spiro atoms. The highest BCUT2D eigenvalue weighted by Gasteiger charge is 2.21. The van der Waals surface area contributed by atoms with Crippen molar-refractivity contribution < 1.29 is 9.53 Å². The zero-order chi connectivity index (χ0) is 24.7. The smallest absolute Gasteiger partial charge is 0.199 e. The van der Waals surface area contributed by atoms with Gasteiger partial charge in [-0.3, -0.25) is 14.5 Å². The van der Waals surface area contributed by atoms with E-state index in [1.54, 1.807) is 6.92 Å². The van der Waals surface area contributed by atoms with Gasteiger partial charge in [-0.25, -0.2) is 0 Å². The monoisotopic (exact) mass is 546 g/mol. The van der Waals surface area contributed by atoms with Gasteiger partial charge in [-0.1, -0.05) is 35.9 Å². The van der Waals surface area contributed by atoms with E-state index in [0.717, 1.165) is 32.4 Å². The number of carbonyl (C=O) groups is 1. The molecule has 8 heteroatoms. The summed E-state index contributed by atoms with van der Waals surface area (Å²) in [5, 5.41) is 8.05. The summed E-state index contributed by atoms with van der Waals surface area (Å²) in [5.41, 5.74) is 5.60. The maximum atomic E-state index is 12.7. The summed E-state index contributed by atoms with van der Waals surface area (Å²) >= 11 is 9.10. The number of benzene rings is 3. The van der Waals surface area contributed by atoms with Crippen LogP contribution in [-0.4, -0.2) is 25.1 Å². The Hall–Kier alpha value is -3.49. The summed E-state index contributed by atoms with van der Waals surface area (Å²) in [6.45, 7) is 5.82. The molecule has 3 aromatic carbocycles. The van der Waals surface area contributed by atoms with Gasteiger partial charge in [0.25, 0.3) is 0 Å². The number of halogens is 1. The summed E-state index contributed by atoms with van der Waals surface area (Å²) < 4.78 is 11.4. The van der Waals surface area contributed by atoms with E-state index in [1.165, 1.54) is 5.56 Å². The van der Waals surface area contributed by atoms with E-state index < -0.39 is 0 Å². The largest absolute Gasteiger partial charge is 0.484 e. The molecule has 0 aliphatic heterocycles. The number of aryl methyl sites for hydroxylation is 1. The molecule has 0 aliphatic carbocycles. The van der Waals surface area contributed by atoms with E-state index in [4.69, 9.17) is 17.0 Å². The van der Waals surface area contributed by atoms with Crippen LogP contribution in [0.2, 0.25) is 0 Å². The minimum atomic E-state index is 0.0107. The first-order valence-corrected chi connectivity index (χ1v) is 12.3. The molecular formula is C27H23BrN4O2S. The van der Waals surface area contributed by atoms with Crippen molar-refractivity contribution in [1.82, 2.24) is 19.3 Å². The Morgan fingerprint density at radius 1 is 1.03 bits per heavy atom. The Kier molecular flexibility index (Phi) is 6.17. The number of nitrogens with zero attached hydrogens (tertiary/aromatic N) is 3. The fourth-order valence-corrected chi connectivity index (χ4v) is 5.11. The van der Waals surface area contributed by atoms with Gasteiger partial charge in [-0.2, -0.15) is 5.10 Å². The van der Waals surface area contributed by atoms with Gasteiger partial charge in [-0.05, 0) is 85.3 Å². The number of ether oxygens (including phenoxy) is 1. The van der Waals surface area contributed by atoms with Crippen LogP contribution in [0.25, 0.3) is 22.3 Å². The summed E-state index contributed by atoms with van der Waals surface area (Å²) in [6.07, 6.45) is 0. The van der Waals surface area contributed by atoms with Crippen molar-refractivity contribution in [2.75, 3.05) is 0 Å². The van der Waals surface area contributed by atoms with Crippen LogP contribution < -0.4 is 4.74 Å². The second kappa shape index (κ2) is 9.28. The molecule has 0 saturated carbocycles. The minimum Gasteiger partial charge on any atom is -0.484 e. The number of hydrogen-bond donors (Lipinski definition) is 1. The topological polar surface area (TPSA) is 64.8 Å². The number of hydrogen-bond acceptors (Lipinski definition) is 4. The lowest BCUT2D eigenvalue weighted by atomic mass is 10.1. The van der Waals surface area contributed by atoms with Crippen LogP contribution in [-0.2, 0) is 6.61 Å². The average Bonchev–Trinajstić information content (AvgIpc) is 3.34. The lowest BCUT2D eigenvalue weighted by Crippen LogP contribution is -2.06. The van der Waals surface area contributed by atoms with E-state index in [9.17, 15) is 4.79 Å². The number of rotatable bonds is 6. The molecule has 0 saturated heterocycles. The van der Waals surface area contributed by atoms with Gasteiger partial charge in [0, 0.05) is 28.0 Å². The highest BCUT2D eigenvalue weighted by atomic mass is 79.9. The Morgan fingerprint density at radius 2 is 1.71 bits per heavy atom. The van der Waals surface area contributed by atoms with Crippen LogP contribution in [0.5, 0.6) is 5.75 Å². The second-order valence-corrected chi connectivity index (χ2v) is 9.63. The number of nitrogens with one attached hydrogen (secondary N) is 1. The van der Waals surface area contributed by atoms with Crippen LogP contribution in [0.3, 0.4) is 0 Å². The third kappa shape index (κ3) is 4.24. The molecule has 1 N–H and O–H groups in total. The fourth-order valence-electron chi connectivity index (χ4n) is 4.41. The third-order valence-corrected chi connectivity index (χ3v) is 6.91. The minimum absolute atomic E-state index is 0.0107. The molecule has 0 unspecified atom stereocenters. The summed E-state index contributed by atoms with van der Waals surface area (Å²) in [7, 11) is 0. The quantitative estimate of drug-likeness (QED) is 0.183. The molecule has 0 amide bonds. The summed E-state index contributed by atoms with van der Waals surface area (Å²) in [6, 6.07) is 22.0. The summed E-state index contributed by atoms with van der Waals surface area (Å²) in [4.78, 5) is 12.7. The number of aromatic amines is 1. The number of aromatic nitrogens is 4. The second-order valence-electron chi connectivity index (χ2n) is 8.39. The molecule has 5 aromatic rings. The number of H-pyrrole nitrogens is 1. The molecular weight excluding hydrogens is 524 g/mol. The van der Waals surface area contributed by atoms with Crippen molar-refractivity contribution in [3.8, 4) is 17.1 Å². The van der Waals surface area contributed by atoms with E-state index in [2.05, 4.69) is 61.9 Å². The molecule has 35 heavy (non-hydrogen) atoms. The fraction of sp³-hybridized carbons (Fsp3) is 0.148. The molecule has 6 nitrogen and oxygen atoms in total. The number of para-hydroxylation sites is 1. The normalized spacial score (nSPS) is 11.2. The zero-order valence-corrected chi connectivity index (χ0v) is 21.9. The maximum Gasteiger partial charge on any atom is 0.199 e. The Morgan fingerprint density at radius 3 is 2.40 bits per heavy atom. The van der Waals surface area contributed by atoms with Gasteiger partial charge < -0.3 is 9.30 Å². The van der Waals surface area contributed by atoms with Gasteiger partial charge >= 0.3 is 0 Å². The molecule has 2 heterocycles. The predicted octanol–water partition coefficient (Wildman–Crippen LogP) is 7.03. The summed E-state index contributed by atoms with van der Waals surface area (Å²) in [5.74, 6) is 1.28. The van der Waals surface area contributed by atoms with Crippen molar-refractivity contribution in [1.29, 1.82) is 0 Å². The Bertz CT molecular complexity index is 1620. The van der Waals surface area contributed by atoms with Gasteiger partial charge in [0.1, 0.15) is 12.4 Å². The van der Waals surface area contributed by atoms with Gasteiger partial charge in [0.05, 0.1) is 9.99 Å². The lowest BCUT2D eigenvalue weighted by molar-refractivity contribution is 0.101. The van der Waals surface area contributed by atoms with Gasteiger partial charge in [-0.15, -0.1) is 0 Å². The average molecular weight is 547 g/mol. The van der Waals surface area contributed by atoms with Crippen molar-refractivity contribution in [3.63, 3.8) is 0 Å². The maximum absolute atomic E-state index is 12.7. The van der Waals surface area contributed by atoms with Crippen molar-refractivity contribution >= 4 is 44.8 Å². The Labute approximate surface area is 216 Å². The first-order valence-electron chi connectivity index (χ1n) is 11.1. The predicted molar refractivity (Wildman–Crippen MR) is 144 cm³/mol. The molecule has 0 radical (unpaired) electrons. The number of Topliss-reactive ketones (excluding diaryl/α,β-unsaturated/α-hetero) is 1. The third-order valence-electron chi connectivity index (χ3n) is 6.01. The number of carbonyl (C=O) groups excluding carboxylic acids is 1. The molecule has 5 rings (SSSR count). The van der Waals surface area contributed by atoms with E-state index >= 15 is 0 Å². The molecule has 0 atom stereocenters.